The summed E-state index contributed by atoms with van der Waals surface area (Å²) in [6.07, 6.45) is 4.78. The maximum atomic E-state index is 13.0. The Kier molecular flexibility index (Phi) is 4.08. The van der Waals surface area contributed by atoms with Crippen LogP contribution >= 0.6 is 0 Å². The Hall–Kier alpha value is -2.17. The van der Waals surface area contributed by atoms with Gasteiger partial charge in [-0.15, -0.1) is 0 Å². The van der Waals surface area contributed by atoms with Crippen LogP contribution in [0.2, 0.25) is 0 Å². The maximum Gasteiger partial charge on any atom is 0.249 e. The van der Waals surface area contributed by atoms with Gasteiger partial charge in [-0.25, -0.2) is 0 Å². The molecule has 0 spiro atoms. The molecule has 0 N–H and O–H groups in total. The number of carbonyl (C=O) groups excluding carboxylic acids is 1. The van der Waals surface area contributed by atoms with Crippen molar-refractivity contribution < 1.29 is 9.32 Å². The van der Waals surface area contributed by atoms with Crippen LogP contribution in [-0.2, 0) is 11.2 Å². The van der Waals surface area contributed by atoms with Gasteiger partial charge >= 0.3 is 0 Å². The summed E-state index contributed by atoms with van der Waals surface area (Å²) in [5.74, 6) is 2.06. The summed E-state index contributed by atoms with van der Waals surface area (Å²) >= 11 is 0. The molecule has 2 aliphatic rings. The van der Waals surface area contributed by atoms with E-state index in [4.69, 9.17) is 4.52 Å². The van der Waals surface area contributed by atoms with Gasteiger partial charge in [-0.1, -0.05) is 42.4 Å². The minimum Gasteiger partial charge on any atom is -0.337 e. The van der Waals surface area contributed by atoms with E-state index in [1.54, 1.807) is 0 Å². The lowest BCUT2D eigenvalue weighted by Gasteiger charge is -2.33. The Bertz CT molecular complexity index is 712. The van der Waals surface area contributed by atoms with Crippen LogP contribution in [0.1, 0.15) is 61.8 Å². The van der Waals surface area contributed by atoms with Gasteiger partial charge in [-0.05, 0) is 37.2 Å². The predicted octanol–water partition coefficient (Wildman–Crippen LogP) is 3.49. The van der Waals surface area contributed by atoms with E-state index in [1.165, 1.54) is 5.56 Å². The Morgan fingerprint density at radius 3 is 2.88 bits per heavy atom. The summed E-state index contributed by atoms with van der Waals surface area (Å²) in [4.78, 5) is 19.5. The average Bonchev–Trinajstić information content (AvgIpc) is 3.31. The molecule has 5 nitrogen and oxygen atoms in total. The number of piperidine rings is 1. The lowest BCUT2D eigenvalue weighted by molar-refractivity contribution is -0.137. The highest BCUT2D eigenvalue weighted by Gasteiger charge is 2.47. The molecule has 126 valence electrons. The number of carbonyl (C=O) groups is 1. The van der Waals surface area contributed by atoms with Gasteiger partial charge in [0.1, 0.15) is 6.04 Å². The van der Waals surface area contributed by atoms with Crippen LogP contribution in [0, 0.1) is 5.92 Å². The van der Waals surface area contributed by atoms with Crippen molar-refractivity contribution in [3.8, 4) is 0 Å². The fourth-order valence-electron chi connectivity index (χ4n) is 3.75. The van der Waals surface area contributed by atoms with E-state index < -0.39 is 0 Å². The van der Waals surface area contributed by atoms with Gasteiger partial charge in [0.15, 0.2) is 5.82 Å². The number of aryl methyl sites for hydroxylation is 1. The van der Waals surface area contributed by atoms with E-state index in [0.29, 0.717) is 11.8 Å². The van der Waals surface area contributed by atoms with Crippen LogP contribution in [0.3, 0.4) is 0 Å². The van der Waals surface area contributed by atoms with Crippen molar-refractivity contribution in [1.29, 1.82) is 0 Å². The quantitative estimate of drug-likeness (QED) is 0.863. The first-order valence-electron chi connectivity index (χ1n) is 8.96. The second-order valence-electron chi connectivity index (χ2n) is 6.80. The smallest absolute Gasteiger partial charge is 0.249 e. The molecule has 2 fully saturated rings. The molecular weight excluding hydrogens is 302 g/mol. The molecule has 0 radical (unpaired) electrons. The zero-order valence-electron chi connectivity index (χ0n) is 14.0. The molecule has 5 heteroatoms. The number of hydrogen-bond acceptors (Lipinski definition) is 4. The Morgan fingerprint density at radius 2 is 2.12 bits per heavy atom. The molecule has 1 saturated carbocycles. The minimum absolute atomic E-state index is 0.0453. The third kappa shape index (κ3) is 2.83. The van der Waals surface area contributed by atoms with Gasteiger partial charge in [0, 0.05) is 18.9 Å². The second kappa shape index (κ2) is 6.38. The monoisotopic (exact) mass is 325 g/mol. The van der Waals surface area contributed by atoms with E-state index >= 15 is 0 Å². The first kappa shape index (κ1) is 15.4. The first-order chi connectivity index (χ1) is 11.8. The van der Waals surface area contributed by atoms with Gasteiger partial charge in [-0.3, -0.25) is 4.79 Å². The summed E-state index contributed by atoms with van der Waals surface area (Å²) in [6, 6.07) is 10.3. The van der Waals surface area contributed by atoms with E-state index in [1.807, 2.05) is 30.0 Å². The van der Waals surface area contributed by atoms with E-state index in [2.05, 4.69) is 22.3 Å². The van der Waals surface area contributed by atoms with Gasteiger partial charge < -0.3 is 9.42 Å². The molecule has 1 aliphatic carbocycles. The van der Waals surface area contributed by atoms with Crippen LogP contribution in [0.25, 0.3) is 0 Å². The molecule has 2 heterocycles. The fourth-order valence-corrected chi connectivity index (χ4v) is 3.75. The molecular formula is C19H23N3O2. The molecule has 4 rings (SSSR count). The Labute approximate surface area is 142 Å². The van der Waals surface area contributed by atoms with Crippen LogP contribution < -0.4 is 0 Å². The maximum absolute atomic E-state index is 13.0. The number of amides is 1. The lowest BCUT2D eigenvalue weighted by atomic mass is 10.0. The number of hydrogen-bond donors (Lipinski definition) is 0. The summed E-state index contributed by atoms with van der Waals surface area (Å²) in [5.41, 5.74) is 1.27. The average molecular weight is 325 g/mol. The molecule has 1 aromatic heterocycles. The van der Waals surface area contributed by atoms with Crippen molar-refractivity contribution in [3.63, 3.8) is 0 Å². The highest BCUT2D eigenvalue weighted by atomic mass is 16.5. The molecule has 1 saturated heterocycles. The SMILES string of the molecule is CCc1noc(C2CCCCN2C(=O)C2CC2c2ccccc2)n1. The van der Waals surface area contributed by atoms with Crippen molar-refractivity contribution in [1.82, 2.24) is 15.0 Å². The number of likely N-dealkylation sites (tertiary alicyclic amines) is 1. The highest BCUT2D eigenvalue weighted by molar-refractivity contribution is 5.83. The van der Waals surface area contributed by atoms with Crippen LogP contribution in [0.4, 0.5) is 0 Å². The van der Waals surface area contributed by atoms with Gasteiger partial charge in [0.05, 0.1) is 0 Å². The van der Waals surface area contributed by atoms with Crippen molar-refractivity contribution in [2.75, 3.05) is 6.54 Å². The lowest BCUT2D eigenvalue weighted by Crippen LogP contribution is -2.39. The first-order valence-corrected chi connectivity index (χ1v) is 8.96. The Balaban J connectivity index is 1.50. The minimum atomic E-state index is -0.0453. The summed E-state index contributed by atoms with van der Waals surface area (Å²) in [5, 5.41) is 4.00. The van der Waals surface area contributed by atoms with E-state index in [0.717, 1.165) is 44.5 Å². The molecule has 1 aromatic carbocycles. The van der Waals surface area contributed by atoms with Gasteiger partial charge in [0.2, 0.25) is 11.8 Å². The zero-order chi connectivity index (χ0) is 16.5. The largest absolute Gasteiger partial charge is 0.337 e. The third-order valence-corrected chi connectivity index (χ3v) is 5.21. The van der Waals surface area contributed by atoms with Crippen molar-refractivity contribution in [2.24, 2.45) is 5.92 Å². The molecule has 24 heavy (non-hydrogen) atoms. The topological polar surface area (TPSA) is 59.2 Å². The Morgan fingerprint density at radius 1 is 1.29 bits per heavy atom. The van der Waals surface area contributed by atoms with Crippen LogP contribution in [-0.4, -0.2) is 27.5 Å². The van der Waals surface area contributed by atoms with Crippen molar-refractivity contribution in [3.05, 3.63) is 47.6 Å². The van der Waals surface area contributed by atoms with Gasteiger partial charge in [0.25, 0.3) is 0 Å². The summed E-state index contributed by atoms with van der Waals surface area (Å²) in [7, 11) is 0. The highest BCUT2D eigenvalue weighted by Crippen LogP contribution is 2.49. The number of nitrogens with zero attached hydrogens (tertiary/aromatic N) is 3. The van der Waals surface area contributed by atoms with Crippen molar-refractivity contribution in [2.45, 2.75) is 51.0 Å². The van der Waals surface area contributed by atoms with E-state index in [9.17, 15) is 4.79 Å². The molecule has 3 unspecified atom stereocenters. The fraction of sp³-hybridized carbons (Fsp3) is 0.526. The molecule has 3 atom stereocenters. The normalized spacial score (nSPS) is 26.4. The van der Waals surface area contributed by atoms with Crippen LogP contribution in [0.5, 0.6) is 0 Å². The summed E-state index contributed by atoms with van der Waals surface area (Å²) < 4.78 is 5.43. The standard InChI is InChI=1S/C19H23N3O2/c1-2-17-20-18(24-21-17)16-10-6-7-11-22(16)19(23)15-12-14(15)13-8-4-3-5-9-13/h3-5,8-9,14-16H,2,6-7,10-12H2,1H3. The second-order valence-corrected chi connectivity index (χ2v) is 6.80. The van der Waals surface area contributed by atoms with Gasteiger partial charge in [-0.2, -0.15) is 4.98 Å². The molecule has 2 aromatic rings. The zero-order valence-corrected chi connectivity index (χ0v) is 14.0. The van der Waals surface area contributed by atoms with Crippen LogP contribution in [0.15, 0.2) is 34.9 Å². The summed E-state index contributed by atoms with van der Waals surface area (Å²) in [6.45, 7) is 2.80. The molecule has 0 bridgehead atoms. The number of benzene rings is 1. The predicted molar refractivity (Wildman–Crippen MR) is 89.3 cm³/mol. The molecule has 1 aliphatic heterocycles. The van der Waals surface area contributed by atoms with E-state index in [-0.39, 0.29) is 17.9 Å². The van der Waals surface area contributed by atoms with Crippen molar-refractivity contribution >= 4 is 5.91 Å². The number of aromatic nitrogens is 2. The third-order valence-electron chi connectivity index (χ3n) is 5.21. The molecule has 1 amide bonds. The number of rotatable bonds is 4.